The van der Waals surface area contributed by atoms with Crippen molar-refractivity contribution in [3.8, 4) is 0 Å². The van der Waals surface area contributed by atoms with Gasteiger partial charge in [0.05, 0.1) is 31.7 Å². The van der Waals surface area contributed by atoms with Crippen molar-refractivity contribution in [2.45, 2.75) is 57.4 Å². The molecule has 3 atom stereocenters. The third-order valence-corrected chi connectivity index (χ3v) is 4.97. The summed E-state index contributed by atoms with van der Waals surface area (Å²) in [5, 5.41) is 11.7. The summed E-state index contributed by atoms with van der Waals surface area (Å²) in [6.07, 6.45) is 0.200. The summed E-state index contributed by atoms with van der Waals surface area (Å²) in [7, 11) is 0. The SMILES string of the molecule is CCCCOC(=O)C(OCc1ccccc1)[C@H](Cc1ccccc1)NC(=O)[C@@H](N)CC(=O)O. The van der Waals surface area contributed by atoms with E-state index in [0.717, 1.165) is 17.5 Å². The molecule has 4 N–H and O–H groups in total. The van der Waals surface area contributed by atoms with E-state index in [1.54, 1.807) is 0 Å². The largest absolute Gasteiger partial charge is 0.481 e. The number of nitrogens with one attached hydrogen (secondary N) is 1. The Morgan fingerprint density at radius 3 is 2.18 bits per heavy atom. The predicted molar refractivity (Wildman–Crippen MR) is 123 cm³/mol. The Kier molecular flexibility index (Phi) is 11.1. The van der Waals surface area contributed by atoms with Crippen LogP contribution >= 0.6 is 0 Å². The van der Waals surface area contributed by atoms with Crippen LogP contribution in [0.5, 0.6) is 0 Å². The van der Waals surface area contributed by atoms with Gasteiger partial charge in [-0.3, -0.25) is 9.59 Å². The Labute approximate surface area is 194 Å². The highest BCUT2D eigenvalue weighted by Gasteiger charge is 2.33. The molecule has 2 aromatic rings. The smallest absolute Gasteiger partial charge is 0.337 e. The number of rotatable bonds is 14. The van der Waals surface area contributed by atoms with E-state index in [1.165, 1.54) is 0 Å². The average Bonchev–Trinajstić information content (AvgIpc) is 2.80. The molecule has 8 heteroatoms. The van der Waals surface area contributed by atoms with Crippen LogP contribution in [0.2, 0.25) is 0 Å². The first-order valence-corrected chi connectivity index (χ1v) is 11.0. The van der Waals surface area contributed by atoms with Crippen LogP contribution in [0.3, 0.4) is 0 Å². The van der Waals surface area contributed by atoms with Crippen molar-refractivity contribution in [3.05, 3.63) is 71.8 Å². The molecule has 178 valence electrons. The van der Waals surface area contributed by atoms with Gasteiger partial charge in [-0.2, -0.15) is 0 Å². The number of nitrogens with two attached hydrogens (primary N) is 1. The third kappa shape index (κ3) is 9.43. The second-order valence-electron chi connectivity index (χ2n) is 7.75. The molecule has 33 heavy (non-hydrogen) atoms. The van der Waals surface area contributed by atoms with Crippen LogP contribution in [0.25, 0.3) is 0 Å². The number of carboxylic acids is 1. The number of esters is 1. The van der Waals surface area contributed by atoms with Crippen molar-refractivity contribution in [2.24, 2.45) is 5.73 Å². The molecule has 0 radical (unpaired) electrons. The Hall–Kier alpha value is -3.23. The third-order valence-electron chi connectivity index (χ3n) is 4.97. The van der Waals surface area contributed by atoms with Crippen molar-refractivity contribution in [2.75, 3.05) is 6.61 Å². The monoisotopic (exact) mass is 456 g/mol. The van der Waals surface area contributed by atoms with Gasteiger partial charge in [-0.05, 0) is 24.0 Å². The minimum Gasteiger partial charge on any atom is -0.481 e. The maximum atomic E-state index is 13.0. The lowest BCUT2D eigenvalue weighted by Gasteiger charge is -2.28. The van der Waals surface area contributed by atoms with Crippen LogP contribution in [0, 0.1) is 0 Å². The van der Waals surface area contributed by atoms with Crippen LogP contribution < -0.4 is 11.1 Å². The van der Waals surface area contributed by atoms with Gasteiger partial charge in [0.1, 0.15) is 0 Å². The van der Waals surface area contributed by atoms with Gasteiger partial charge in [-0.25, -0.2) is 4.79 Å². The van der Waals surface area contributed by atoms with E-state index in [-0.39, 0.29) is 19.6 Å². The van der Waals surface area contributed by atoms with E-state index in [4.69, 9.17) is 20.3 Å². The van der Waals surface area contributed by atoms with Crippen molar-refractivity contribution < 1.29 is 29.0 Å². The number of ether oxygens (including phenoxy) is 2. The molecular weight excluding hydrogens is 424 g/mol. The number of unbranched alkanes of at least 4 members (excludes halogenated alkanes) is 1. The van der Waals surface area contributed by atoms with Crippen LogP contribution in [-0.2, 0) is 36.9 Å². The van der Waals surface area contributed by atoms with E-state index in [1.807, 2.05) is 67.6 Å². The molecule has 0 saturated carbocycles. The second-order valence-corrected chi connectivity index (χ2v) is 7.75. The second kappa shape index (κ2) is 14.0. The first-order chi connectivity index (χ1) is 15.9. The quantitative estimate of drug-likeness (QED) is 0.294. The Balaban J connectivity index is 2.26. The van der Waals surface area contributed by atoms with Gasteiger partial charge in [0.25, 0.3) is 0 Å². The topological polar surface area (TPSA) is 128 Å². The molecule has 0 bridgehead atoms. The molecule has 0 aliphatic rings. The molecule has 0 aliphatic heterocycles. The van der Waals surface area contributed by atoms with E-state index < -0.39 is 42.5 Å². The van der Waals surface area contributed by atoms with Gasteiger partial charge in [0, 0.05) is 0 Å². The summed E-state index contributed by atoms with van der Waals surface area (Å²) < 4.78 is 11.4. The van der Waals surface area contributed by atoms with Crippen molar-refractivity contribution in [3.63, 3.8) is 0 Å². The zero-order chi connectivity index (χ0) is 24.1. The number of aliphatic carboxylic acids is 1. The number of hydrogen-bond donors (Lipinski definition) is 3. The van der Waals surface area contributed by atoms with Gasteiger partial charge in [-0.15, -0.1) is 0 Å². The molecule has 0 heterocycles. The molecule has 1 amide bonds. The Morgan fingerprint density at radius 1 is 1.00 bits per heavy atom. The van der Waals surface area contributed by atoms with Gasteiger partial charge in [0.15, 0.2) is 6.10 Å². The van der Waals surface area contributed by atoms with Gasteiger partial charge in [-0.1, -0.05) is 74.0 Å². The first kappa shape index (κ1) is 26.0. The van der Waals surface area contributed by atoms with Gasteiger partial charge in [0.2, 0.25) is 5.91 Å². The highest BCUT2D eigenvalue weighted by molar-refractivity contribution is 5.87. The first-order valence-electron chi connectivity index (χ1n) is 11.0. The molecule has 2 rings (SSSR count). The molecule has 0 saturated heterocycles. The molecular formula is C25H32N2O6. The highest BCUT2D eigenvalue weighted by Crippen LogP contribution is 2.14. The zero-order valence-electron chi connectivity index (χ0n) is 18.8. The fourth-order valence-corrected chi connectivity index (χ4v) is 3.18. The average molecular weight is 457 g/mol. The highest BCUT2D eigenvalue weighted by atomic mass is 16.6. The maximum Gasteiger partial charge on any atom is 0.337 e. The molecule has 0 aromatic heterocycles. The van der Waals surface area contributed by atoms with Gasteiger partial charge < -0.3 is 25.6 Å². The number of amides is 1. The number of benzene rings is 2. The van der Waals surface area contributed by atoms with Crippen molar-refractivity contribution >= 4 is 17.8 Å². The summed E-state index contributed by atoms with van der Waals surface area (Å²) >= 11 is 0. The predicted octanol–water partition coefficient (Wildman–Crippen LogP) is 2.44. The van der Waals surface area contributed by atoms with E-state index in [2.05, 4.69) is 5.32 Å². The maximum absolute atomic E-state index is 13.0. The Bertz CT molecular complexity index is 875. The molecule has 0 spiro atoms. The van der Waals surface area contributed by atoms with E-state index >= 15 is 0 Å². The molecule has 1 unspecified atom stereocenters. The van der Waals surface area contributed by atoms with E-state index in [9.17, 15) is 14.4 Å². The van der Waals surface area contributed by atoms with Crippen LogP contribution in [0.4, 0.5) is 0 Å². The van der Waals surface area contributed by atoms with Crippen LogP contribution in [0.15, 0.2) is 60.7 Å². The van der Waals surface area contributed by atoms with Crippen molar-refractivity contribution in [1.29, 1.82) is 0 Å². The summed E-state index contributed by atoms with van der Waals surface area (Å²) in [5.74, 6) is -2.45. The molecule has 2 aromatic carbocycles. The number of carboxylic acid groups (broad SMARTS) is 1. The molecule has 8 nitrogen and oxygen atoms in total. The lowest BCUT2D eigenvalue weighted by atomic mass is 10.00. The van der Waals surface area contributed by atoms with Crippen LogP contribution in [-0.4, -0.2) is 47.7 Å². The molecule has 0 fully saturated rings. The zero-order valence-corrected chi connectivity index (χ0v) is 18.8. The van der Waals surface area contributed by atoms with Crippen LogP contribution in [0.1, 0.15) is 37.3 Å². The van der Waals surface area contributed by atoms with Crippen molar-refractivity contribution in [1.82, 2.24) is 5.32 Å². The fourth-order valence-electron chi connectivity index (χ4n) is 3.18. The standard InChI is InChI=1S/C25H32N2O6/c1-2-3-14-32-25(31)23(33-17-19-12-8-5-9-13-19)21(15-18-10-6-4-7-11-18)27-24(30)20(26)16-22(28)29/h4-13,20-21,23H,2-3,14-17,26H2,1H3,(H,27,30)(H,28,29)/t20-,21-,23?/m0/s1. The van der Waals surface area contributed by atoms with E-state index in [0.29, 0.717) is 6.42 Å². The summed E-state index contributed by atoms with van der Waals surface area (Å²) in [6, 6.07) is 16.6. The lowest BCUT2D eigenvalue weighted by molar-refractivity contribution is -0.161. The minimum absolute atomic E-state index is 0.136. The number of carbonyl (C=O) groups is 3. The number of hydrogen-bond acceptors (Lipinski definition) is 6. The minimum atomic E-state index is -1.26. The number of carbonyl (C=O) groups excluding carboxylic acids is 2. The lowest BCUT2D eigenvalue weighted by Crippen LogP contribution is -2.54. The van der Waals surface area contributed by atoms with Gasteiger partial charge >= 0.3 is 11.9 Å². The summed E-state index contributed by atoms with van der Waals surface area (Å²) in [6.45, 7) is 2.36. The Morgan fingerprint density at radius 2 is 1.61 bits per heavy atom. The summed E-state index contributed by atoms with van der Waals surface area (Å²) in [5.41, 5.74) is 7.47. The fraction of sp³-hybridized carbons (Fsp3) is 0.400. The molecule has 0 aliphatic carbocycles. The summed E-state index contributed by atoms with van der Waals surface area (Å²) in [4.78, 5) is 36.6. The normalized spacial score (nSPS) is 13.5.